The van der Waals surface area contributed by atoms with Crippen molar-refractivity contribution >= 4 is 16.0 Å². The van der Waals surface area contributed by atoms with Crippen LogP contribution in [0, 0.1) is 0 Å². The number of aromatic carboxylic acids is 1. The van der Waals surface area contributed by atoms with Crippen molar-refractivity contribution in [1.82, 2.24) is 0 Å². The average molecular weight is 287 g/mol. The molecule has 7 nitrogen and oxygen atoms in total. The fourth-order valence-corrected chi connectivity index (χ4v) is 2.43. The van der Waals surface area contributed by atoms with Gasteiger partial charge in [-0.05, 0) is 18.2 Å². The van der Waals surface area contributed by atoms with Gasteiger partial charge in [0.15, 0.2) is 0 Å². The smallest absolute Gasteiger partial charge is 0.335 e. The first kappa shape index (κ1) is 13.8. The maximum atomic E-state index is 11.5. The molecule has 8 heteroatoms. The Labute approximate surface area is 110 Å². The fourth-order valence-electron chi connectivity index (χ4n) is 1.75. The van der Waals surface area contributed by atoms with Gasteiger partial charge in [0.1, 0.15) is 16.7 Å². The summed E-state index contributed by atoms with van der Waals surface area (Å²) in [7, 11) is -4.06. The monoisotopic (exact) mass is 287 g/mol. The van der Waals surface area contributed by atoms with Crippen molar-refractivity contribution in [2.24, 2.45) is 5.14 Å². The minimum atomic E-state index is -4.06. The third-order valence-corrected chi connectivity index (χ3v) is 3.61. The molecule has 1 aromatic rings. The lowest BCUT2D eigenvalue weighted by Gasteiger charge is -2.15. The zero-order valence-corrected chi connectivity index (χ0v) is 10.7. The number of carbonyl (C=O) groups is 1. The van der Waals surface area contributed by atoms with Crippen LogP contribution in [0.2, 0.25) is 0 Å². The summed E-state index contributed by atoms with van der Waals surface area (Å²) in [4.78, 5) is 10.5. The summed E-state index contributed by atoms with van der Waals surface area (Å²) in [5, 5.41) is 13.9. The summed E-state index contributed by atoms with van der Waals surface area (Å²) in [6.07, 6.45) is 0.390. The molecule has 1 unspecified atom stereocenters. The first-order valence-electron chi connectivity index (χ1n) is 5.52. The van der Waals surface area contributed by atoms with Crippen molar-refractivity contribution in [3.63, 3.8) is 0 Å². The van der Waals surface area contributed by atoms with E-state index < -0.39 is 16.0 Å². The minimum Gasteiger partial charge on any atom is -0.487 e. The van der Waals surface area contributed by atoms with Crippen LogP contribution >= 0.6 is 0 Å². The van der Waals surface area contributed by atoms with Crippen molar-refractivity contribution < 1.29 is 27.8 Å². The Morgan fingerprint density at radius 3 is 2.74 bits per heavy atom. The van der Waals surface area contributed by atoms with Crippen molar-refractivity contribution in [1.29, 1.82) is 0 Å². The van der Waals surface area contributed by atoms with Gasteiger partial charge in [-0.2, -0.15) is 0 Å². The van der Waals surface area contributed by atoms with Crippen LogP contribution in [-0.4, -0.2) is 38.8 Å². The Hall–Kier alpha value is -1.64. The van der Waals surface area contributed by atoms with Gasteiger partial charge in [-0.15, -0.1) is 0 Å². The second-order valence-electron chi connectivity index (χ2n) is 4.12. The Balaban J connectivity index is 2.39. The maximum Gasteiger partial charge on any atom is 0.335 e. The molecule has 1 saturated heterocycles. The van der Waals surface area contributed by atoms with Crippen LogP contribution in [0.4, 0.5) is 0 Å². The van der Waals surface area contributed by atoms with Crippen LogP contribution in [0.15, 0.2) is 23.1 Å². The highest BCUT2D eigenvalue weighted by atomic mass is 32.2. The van der Waals surface area contributed by atoms with Gasteiger partial charge in [-0.1, -0.05) is 0 Å². The van der Waals surface area contributed by atoms with Crippen molar-refractivity contribution in [3.8, 4) is 5.75 Å². The van der Waals surface area contributed by atoms with Crippen LogP contribution in [0.25, 0.3) is 0 Å². The van der Waals surface area contributed by atoms with E-state index in [-0.39, 0.29) is 22.3 Å². The van der Waals surface area contributed by atoms with Crippen LogP contribution < -0.4 is 9.88 Å². The normalized spacial score (nSPS) is 19.3. The first-order valence-corrected chi connectivity index (χ1v) is 7.07. The lowest BCUT2D eigenvalue weighted by molar-refractivity contribution is 0.0696. The van der Waals surface area contributed by atoms with Gasteiger partial charge in [-0.3, -0.25) is 0 Å². The van der Waals surface area contributed by atoms with E-state index in [1.165, 1.54) is 12.1 Å². The second kappa shape index (κ2) is 5.16. The van der Waals surface area contributed by atoms with Gasteiger partial charge < -0.3 is 14.6 Å². The summed E-state index contributed by atoms with van der Waals surface area (Å²) < 4.78 is 33.6. The number of carboxylic acids is 1. The van der Waals surface area contributed by atoms with Gasteiger partial charge in [0.2, 0.25) is 10.0 Å². The molecule has 0 aliphatic carbocycles. The first-order chi connectivity index (χ1) is 8.88. The number of sulfonamides is 1. The lowest BCUT2D eigenvalue weighted by atomic mass is 10.2. The van der Waals surface area contributed by atoms with Crippen LogP contribution in [0.3, 0.4) is 0 Å². The van der Waals surface area contributed by atoms with E-state index in [1.807, 2.05) is 0 Å². The molecule has 1 atom stereocenters. The number of benzene rings is 1. The third-order valence-electron chi connectivity index (χ3n) is 2.68. The average Bonchev–Trinajstić information content (AvgIpc) is 2.80. The Kier molecular flexibility index (Phi) is 3.74. The maximum absolute atomic E-state index is 11.5. The molecule has 0 radical (unpaired) electrons. The van der Waals surface area contributed by atoms with E-state index in [2.05, 4.69) is 0 Å². The van der Waals surface area contributed by atoms with E-state index in [0.29, 0.717) is 19.6 Å². The van der Waals surface area contributed by atoms with Crippen LogP contribution in [0.1, 0.15) is 16.8 Å². The number of ether oxygens (including phenoxy) is 2. The van der Waals surface area contributed by atoms with Crippen LogP contribution in [-0.2, 0) is 14.8 Å². The predicted octanol–water partition coefficient (Wildman–Crippen LogP) is 0.200. The largest absolute Gasteiger partial charge is 0.487 e. The Morgan fingerprint density at radius 1 is 1.47 bits per heavy atom. The zero-order chi connectivity index (χ0) is 14.0. The molecule has 19 heavy (non-hydrogen) atoms. The number of carboxylic acid groups (broad SMARTS) is 1. The molecular weight excluding hydrogens is 274 g/mol. The summed E-state index contributed by atoms with van der Waals surface area (Å²) in [5.74, 6) is -1.19. The number of nitrogens with two attached hydrogens (primary N) is 1. The SMILES string of the molecule is NS(=O)(=O)c1cc(C(=O)O)ccc1OC1CCOC1. The standard InChI is InChI=1S/C11H13NO6S/c12-19(15,16)10-5-7(11(13)14)1-2-9(10)18-8-3-4-17-6-8/h1-2,5,8H,3-4,6H2,(H,13,14)(H2,12,15,16). The van der Waals surface area contributed by atoms with Crippen molar-refractivity contribution in [2.45, 2.75) is 17.4 Å². The number of hydrogen-bond acceptors (Lipinski definition) is 5. The molecule has 0 bridgehead atoms. The summed E-state index contributed by atoms with van der Waals surface area (Å²) >= 11 is 0. The third kappa shape index (κ3) is 3.22. The topological polar surface area (TPSA) is 116 Å². The van der Waals surface area contributed by atoms with E-state index in [4.69, 9.17) is 19.7 Å². The molecule has 1 aliphatic heterocycles. The molecule has 2 rings (SSSR count). The molecule has 0 aromatic heterocycles. The highest BCUT2D eigenvalue weighted by Gasteiger charge is 2.23. The summed E-state index contributed by atoms with van der Waals surface area (Å²) in [6, 6.07) is 3.55. The van der Waals surface area contributed by atoms with E-state index >= 15 is 0 Å². The molecular formula is C11H13NO6S. The molecule has 104 valence electrons. The van der Waals surface area contributed by atoms with E-state index in [9.17, 15) is 13.2 Å². The number of hydrogen-bond donors (Lipinski definition) is 2. The molecule has 1 heterocycles. The number of primary sulfonamides is 1. The lowest BCUT2D eigenvalue weighted by Crippen LogP contribution is -2.20. The van der Waals surface area contributed by atoms with Gasteiger partial charge in [-0.25, -0.2) is 18.4 Å². The van der Waals surface area contributed by atoms with Crippen molar-refractivity contribution in [2.75, 3.05) is 13.2 Å². The quantitative estimate of drug-likeness (QED) is 0.817. The van der Waals surface area contributed by atoms with E-state index in [1.54, 1.807) is 0 Å². The molecule has 1 fully saturated rings. The highest BCUT2D eigenvalue weighted by Crippen LogP contribution is 2.26. The summed E-state index contributed by atoms with van der Waals surface area (Å²) in [5.41, 5.74) is -0.168. The Bertz CT molecular complexity index is 591. The molecule has 0 spiro atoms. The van der Waals surface area contributed by atoms with Gasteiger partial charge in [0.05, 0.1) is 18.8 Å². The van der Waals surface area contributed by atoms with E-state index in [0.717, 1.165) is 6.07 Å². The predicted molar refractivity (Wildman–Crippen MR) is 64.6 cm³/mol. The van der Waals surface area contributed by atoms with Gasteiger partial charge in [0, 0.05) is 6.42 Å². The Morgan fingerprint density at radius 2 is 2.21 bits per heavy atom. The molecule has 0 amide bonds. The minimum absolute atomic E-state index is 0.0444. The molecule has 1 aromatic carbocycles. The van der Waals surface area contributed by atoms with Gasteiger partial charge in [0.25, 0.3) is 0 Å². The second-order valence-corrected chi connectivity index (χ2v) is 5.64. The number of rotatable bonds is 4. The molecule has 1 aliphatic rings. The zero-order valence-electron chi connectivity index (χ0n) is 9.90. The highest BCUT2D eigenvalue weighted by molar-refractivity contribution is 7.89. The van der Waals surface area contributed by atoms with Gasteiger partial charge >= 0.3 is 5.97 Å². The summed E-state index contributed by atoms with van der Waals surface area (Å²) in [6.45, 7) is 0.910. The molecule has 3 N–H and O–H groups in total. The molecule has 0 saturated carbocycles. The van der Waals surface area contributed by atoms with Crippen molar-refractivity contribution in [3.05, 3.63) is 23.8 Å². The fraction of sp³-hybridized carbons (Fsp3) is 0.364. The van der Waals surface area contributed by atoms with Crippen LogP contribution in [0.5, 0.6) is 5.75 Å².